The number of piperazine rings is 1. The van der Waals surface area contributed by atoms with E-state index in [1.165, 1.54) is 0 Å². The Morgan fingerprint density at radius 2 is 1.79 bits per heavy atom. The van der Waals surface area contributed by atoms with Crippen LogP contribution in [0, 0.1) is 13.8 Å². The Morgan fingerprint density at radius 1 is 1.07 bits per heavy atom. The molecule has 1 N–H and O–H groups in total. The molecule has 0 unspecified atom stereocenters. The summed E-state index contributed by atoms with van der Waals surface area (Å²) in [6.45, 7) is 5.50. The molecule has 1 aliphatic rings. The number of carbonyl (C=O) groups excluding carboxylic acids is 1. The van der Waals surface area contributed by atoms with Crippen LogP contribution in [0.1, 0.15) is 16.7 Å². The van der Waals surface area contributed by atoms with Gasteiger partial charge in [-0.05, 0) is 38.6 Å². The van der Waals surface area contributed by atoms with Crippen LogP contribution in [0.3, 0.4) is 0 Å². The maximum Gasteiger partial charge on any atom is 0.240 e. The van der Waals surface area contributed by atoms with Crippen LogP contribution < -0.4 is 4.72 Å². The van der Waals surface area contributed by atoms with E-state index < -0.39 is 10.0 Å². The fourth-order valence-electron chi connectivity index (χ4n) is 3.35. The molecule has 0 radical (unpaired) electrons. The summed E-state index contributed by atoms with van der Waals surface area (Å²) >= 11 is 0. The van der Waals surface area contributed by atoms with Crippen LogP contribution in [0.25, 0.3) is 0 Å². The van der Waals surface area contributed by atoms with E-state index in [-0.39, 0.29) is 29.9 Å². The number of nitrogens with one attached hydrogen (secondary N) is 1. The van der Waals surface area contributed by atoms with Gasteiger partial charge in [-0.15, -0.1) is 0 Å². The third-order valence-corrected chi connectivity index (χ3v) is 6.53. The number of rotatable bonds is 6. The quantitative estimate of drug-likeness (QED) is 0.803. The highest BCUT2D eigenvalue weighted by molar-refractivity contribution is 7.89. The first kappa shape index (κ1) is 20.5. The largest absolute Gasteiger partial charge is 0.336 e. The lowest BCUT2D eigenvalue weighted by Gasteiger charge is -2.39. The molecule has 0 aliphatic carbocycles. The molecule has 1 saturated heterocycles. The van der Waals surface area contributed by atoms with Crippen LogP contribution in [0.4, 0.5) is 0 Å². The van der Waals surface area contributed by atoms with E-state index in [9.17, 15) is 13.2 Å². The van der Waals surface area contributed by atoms with Crippen molar-refractivity contribution in [1.29, 1.82) is 0 Å². The SMILES string of the molecule is Cc1ccc(S(=O)(=O)NC[C@H]2CN(Cc3cccc(C)c3)C(=O)CN2C)cc1. The Balaban J connectivity index is 1.66. The second kappa shape index (κ2) is 8.43. The summed E-state index contributed by atoms with van der Waals surface area (Å²) in [7, 11) is -1.72. The van der Waals surface area contributed by atoms with Gasteiger partial charge in [0.25, 0.3) is 0 Å². The maximum absolute atomic E-state index is 12.6. The Bertz CT molecular complexity index is 942. The Kier molecular flexibility index (Phi) is 6.17. The predicted octanol–water partition coefficient (Wildman–Crippen LogP) is 1.92. The van der Waals surface area contributed by atoms with E-state index >= 15 is 0 Å². The molecule has 1 atom stereocenters. The molecule has 1 aliphatic heterocycles. The molecule has 2 aromatic rings. The third-order valence-electron chi connectivity index (χ3n) is 5.09. The van der Waals surface area contributed by atoms with Gasteiger partial charge in [-0.1, -0.05) is 47.5 Å². The summed E-state index contributed by atoms with van der Waals surface area (Å²) < 4.78 is 27.8. The van der Waals surface area contributed by atoms with Crippen molar-refractivity contribution < 1.29 is 13.2 Å². The highest BCUT2D eigenvalue weighted by Gasteiger charge is 2.30. The summed E-state index contributed by atoms with van der Waals surface area (Å²) in [5.74, 6) is 0.0571. The number of sulfonamides is 1. The Labute approximate surface area is 167 Å². The number of nitrogens with zero attached hydrogens (tertiary/aromatic N) is 2. The monoisotopic (exact) mass is 401 g/mol. The lowest BCUT2D eigenvalue weighted by atomic mass is 10.1. The normalized spacial score (nSPS) is 18.5. The summed E-state index contributed by atoms with van der Waals surface area (Å²) in [6, 6.07) is 14.8. The standard InChI is InChI=1S/C21H27N3O3S/c1-16-7-9-20(10-8-16)28(26,27)22-12-19-14-24(21(25)15-23(19)3)13-18-6-4-5-17(2)11-18/h4-11,19,22H,12-15H2,1-3H3/t19-/m0/s1. The fourth-order valence-corrected chi connectivity index (χ4v) is 4.42. The Morgan fingerprint density at radius 3 is 2.46 bits per heavy atom. The third kappa shape index (κ3) is 4.98. The average Bonchev–Trinajstić information content (AvgIpc) is 2.63. The maximum atomic E-state index is 12.6. The number of hydrogen-bond donors (Lipinski definition) is 1. The van der Waals surface area contributed by atoms with Crippen LogP contribution in [0.5, 0.6) is 0 Å². The first-order valence-electron chi connectivity index (χ1n) is 9.34. The first-order valence-corrected chi connectivity index (χ1v) is 10.8. The second-order valence-electron chi connectivity index (χ2n) is 7.50. The molecule has 6 nitrogen and oxygen atoms in total. The summed E-state index contributed by atoms with van der Waals surface area (Å²) in [4.78, 5) is 16.4. The molecule has 2 aromatic carbocycles. The van der Waals surface area contributed by atoms with Gasteiger partial charge in [0.05, 0.1) is 11.4 Å². The average molecular weight is 402 g/mol. The molecule has 1 fully saturated rings. The minimum absolute atomic E-state index is 0.0571. The second-order valence-corrected chi connectivity index (χ2v) is 9.26. The molecule has 3 rings (SSSR count). The van der Waals surface area contributed by atoms with Gasteiger partial charge >= 0.3 is 0 Å². The topological polar surface area (TPSA) is 69.7 Å². The molecule has 1 heterocycles. The van der Waals surface area contributed by atoms with E-state index in [4.69, 9.17) is 0 Å². The molecular formula is C21H27N3O3S. The number of benzene rings is 2. The van der Waals surface area contributed by atoms with Crippen LogP contribution in [0.15, 0.2) is 53.4 Å². The number of amides is 1. The molecule has 0 bridgehead atoms. The molecule has 0 aromatic heterocycles. The molecule has 0 saturated carbocycles. The van der Waals surface area contributed by atoms with Crippen LogP contribution in [-0.4, -0.2) is 56.8 Å². The predicted molar refractivity (Wildman–Crippen MR) is 109 cm³/mol. The van der Waals surface area contributed by atoms with Crippen molar-refractivity contribution in [3.05, 3.63) is 65.2 Å². The molecular weight excluding hydrogens is 374 g/mol. The molecule has 150 valence electrons. The Hall–Kier alpha value is -2.22. The number of hydrogen-bond acceptors (Lipinski definition) is 4. The highest BCUT2D eigenvalue weighted by Crippen LogP contribution is 2.15. The lowest BCUT2D eigenvalue weighted by molar-refractivity contribution is -0.138. The van der Waals surface area contributed by atoms with Gasteiger partial charge in [0.2, 0.25) is 15.9 Å². The number of aryl methyl sites for hydroxylation is 2. The fraction of sp³-hybridized carbons (Fsp3) is 0.381. The van der Waals surface area contributed by atoms with Gasteiger partial charge in [-0.25, -0.2) is 13.1 Å². The summed E-state index contributed by atoms with van der Waals surface area (Å²) in [5, 5.41) is 0. The van der Waals surface area contributed by atoms with Crippen molar-refractivity contribution in [2.75, 3.05) is 26.7 Å². The van der Waals surface area contributed by atoms with Gasteiger partial charge in [0.15, 0.2) is 0 Å². The minimum Gasteiger partial charge on any atom is -0.336 e. The van der Waals surface area contributed by atoms with Crippen molar-refractivity contribution >= 4 is 15.9 Å². The van der Waals surface area contributed by atoms with E-state index in [1.54, 1.807) is 29.2 Å². The van der Waals surface area contributed by atoms with Crippen molar-refractivity contribution in [1.82, 2.24) is 14.5 Å². The van der Waals surface area contributed by atoms with E-state index in [1.807, 2.05) is 44.0 Å². The van der Waals surface area contributed by atoms with Gasteiger partial charge in [0.1, 0.15) is 0 Å². The van der Waals surface area contributed by atoms with Gasteiger partial charge < -0.3 is 4.90 Å². The van der Waals surface area contributed by atoms with E-state index in [0.29, 0.717) is 13.1 Å². The van der Waals surface area contributed by atoms with Gasteiger partial charge in [0, 0.05) is 25.7 Å². The highest BCUT2D eigenvalue weighted by atomic mass is 32.2. The minimum atomic E-state index is -3.58. The van der Waals surface area contributed by atoms with Crippen molar-refractivity contribution in [2.45, 2.75) is 31.3 Å². The zero-order valence-electron chi connectivity index (χ0n) is 16.6. The summed E-state index contributed by atoms with van der Waals surface area (Å²) in [5.41, 5.74) is 3.25. The lowest BCUT2D eigenvalue weighted by Crippen LogP contribution is -2.57. The van der Waals surface area contributed by atoms with Crippen molar-refractivity contribution in [3.63, 3.8) is 0 Å². The van der Waals surface area contributed by atoms with Crippen LogP contribution >= 0.6 is 0 Å². The van der Waals surface area contributed by atoms with Crippen LogP contribution in [0.2, 0.25) is 0 Å². The zero-order chi connectivity index (χ0) is 20.3. The van der Waals surface area contributed by atoms with Gasteiger partial charge in [-0.2, -0.15) is 0 Å². The number of likely N-dealkylation sites (N-methyl/N-ethyl adjacent to an activating group) is 1. The molecule has 1 amide bonds. The van der Waals surface area contributed by atoms with Crippen molar-refractivity contribution in [3.8, 4) is 0 Å². The molecule has 7 heteroatoms. The zero-order valence-corrected chi connectivity index (χ0v) is 17.4. The van der Waals surface area contributed by atoms with E-state index in [2.05, 4.69) is 10.8 Å². The van der Waals surface area contributed by atoms with Crippen LogP contribution in [-0.2, 0) is 21.4 Å². The number of carbonyl (C=O) groups is 1. The van der Waals surface area contributed by atoms with E-state index in [0.717, 1.165) is 16.7 Å². The smallest absolute Gasteiger partial charge is 0.240 e. The molecule has 0 spiro atoms. The summed E-state index contributed by atoms with van der Waals surface area (Å²) in [6.07, 6.45) is 0. The van der Waals surface area contributed by atoms with Crippen molar-refractivity contribution in [2.24, 2.45) is 0 Å². The first-order chi connectivity index (χ1) is 13.2. The van der Waals surface area contributed by atoms with Gasteiger partial charge in [-0.3, -0.25) is 9.69 Å². The molecule has 28 heavy (non-hydrogen) atoms.